The third kappa shape index (κ3) is 3.57. The summed E-state index contributed by atoms with van der Waals surface area (Å²) in [6.45, 7) is 0. The summed E-state index contributed by atoms with van der Waals surface area (Å²) in [7, 11) is 0. The summed E-state index contributed by atoms with van der Waals surface area (Å²) >= 11 is 0. The van der Waals surface area contributed by atoms with Gasteiger partial charge in [0, 0.05) is 27.3 Å². The van der Waals surface area contributed by atoms with Gasteiger partial charge in [0.2, 0.25) is 0 Å². The summed E-state index contributed by atoms with van der Waals surface area (Å²) in [5, 5.41) is 14.1. The van der Waals surface area contributed by atoms with Crippen LogP contribution in [0.4, 0.5) is 0 Å². The second kappa shape index (κ2) is 9.20. The van der Waals surface area contributed by atoms with E-state index in [9.17, 15) is 0 Å². The molecule has 0 aliphatic carbocycles. The Hall–Kier alpha value is -6.10. The fraction of sp³-hybridized carbons (Fsp3) is 0. The maximum Gasteiger partial charge on any atom is 0.136 e. The molecular weight excluding hydrogens is 544 g/mol. The van der Waals surface area contributed by atoms with Gasteiger partial charge in [-0.2, -0.15) is 0 Å². The minimum absolute atomic E-state index is 0.889. The standard InChI is InChI=1S/C44H24O/c1-3-12-30-23-32(19-17-27(30)9-1)42-35-15-7-8-16-36(35)43(33-20-18-28-10-2-4-13-31(28)24-33)38-26-41-39(25-37(38)42)44-34-14-6-5-11-29(34)21-22-40(44)45-41/h1-17,19,21-26H. The van der Waals surface area contributed by atoms with Crippen molar-refractivity contribution in [2.75, 3.05) is 0 Å². The highest BCUT2D eigenvalue weighted by Gasteiger charge is 2.20. The van der Waals surface area contributed by atoms with Crippen LogP contribution in [0, 0.1) is 12.1 Å². The van der Waals surface area contributed by atoms with Crippen LogP contribution in [0.5, 0.6) is 0 Å². The van der Waals surface area contributed by atoms with Gasteiger partial charge >= 0.3 is 0 Å². The predicted molar refractivity (Wildman–Crippen MR) is 190 cm³/mol. The van der Waals surface area contributed by atoms with Crippen molar-refractivity contribution >= 4 is 75.8 Å². The first-order valence-electron chi connectivity index (χ1n) is 15.3. The fourth-order valence-corrected chi connectivity index (χ4v) is 7.36. The molecule has 1 heteroatoms. The molecule has 1 heterocycles. The summed E-state index contributed by atoms with van der Waals surface area (Å²) in [6.07, 6.45) is 0. The normalized spacial score (nSPS) is 11.8. The first-order chi connectivity index (χ1) is 22.3. The zero-order chi connectivity index (χ0) is 29.5. The van der Waals surface area contributed by atoms with Crippen molar-refractivity contribution in [3.8, 4) is 22.3 Å². The van der Waals surface area contributed by atoms with Crippen LogP contribution in [-0.4, -0.2) is 0 Å². The van der Waals surface area contributed by atoms with Crippen LogP contribution in [0.1, 0.15) is 0 Å². The molecule has 0 bridgehead atoms. The summed E-state index contributed by atoms with van der Waals surface area (Å²) in [5.41, 5.74) is 6.41. The zero-order valence-electron chi connectivity index (χ0n) is 24.3. The van der Waals surface area contributed by atoms with Gasteiger partial charge in [0.1, 0.15) is 11.2 Å². The second-order valence-electron chi connectivity index (χ2n) is 11.9. The van der Waals surface area contributed by atoms with Crippen molar-refractivity contribution in [2.24, 2.45) is 0 Å². The number of hydrogen-bond donors (Lipinski definition) is 0. The summed E-state index contributed by atoms with van der Waals surface area (Å²) in [5.74, 6) is 0. The SMILES string of the molecule is c1c(-c2c3ccccc3c(-c3ccc4ccccc4c3)c3cc4c(cc23)oc2ccc3ccccc3c24)cc2ccccc2c#1. The van der Waals surface area contributed by atoms with E-state index in [2.05, 4.69) is 158 Å². The Kier molecular flexibility index (Phi) is 4.98. The van der Waals surface area contributed by atoms with E-state index in [-0.39, 0.29) is 0 Å². The topological polar surface area (TPSA) is 13.1 Å². The Morgan fingerprint density at radius 2 is 1.04 bits per heavy atom. The Bertz CT molecular complexity index is 2820. The van der Waals surface area contributed by atoms with Gasteiger partial charge in [-0.1, -0.05) is 121 Å². The summed E-state index contributed by atoms with van der Waals surface area (Å²) < 4.78 is 6.63. The van der Waals surface area contributed by atoms with E-state index in [0.717, 1.165) is 49.2 Å². The van der Waals surface area contributed by atoms with Crippen molar-refractivity contribution in [1.29, 1.82) is 0 Å². The highest BCUT2D eigenvalue weighted by molar-refractivity contribution is 6.27. The molecule has 0 fully saturated rings. The van der Waals surface area contributed by atoms with Crippen molar-refractivity contribution in [3.63, 3.8) is 0 Å². The summed E-state index contributed by atoms with van der Waals surface area (Å²) in [4.78, 5) is 0. The lowest BCUT2D eigenvalue weighted by atomic mass is 9.85. The maximum atomic E-state index is 6.63. The lowest BCUT2D eigenvalue weighted by Gasteiger charge is -2.18. The average Bonchev–Trinajstić information content (AvgIpc) is 3.47. The molecule has 0 N–H and O–H groups in total. The average molecular weight is 569 g/mol. The number of fused-ring (bicyclic) bond motifs is 9. The molecule has 10 aromatic rings. The van der Waals surface area contributed by atoms with Crippen molar-refractivity contribution < 1.29 is 4.42 Å². The minimum Gasteiger partial charge on any atom is -0.456 e. The fourth-order valence-electron chi connectivity index (χ4n) is 7.36. The summed E-state index contributed by atoms with van der Waals surface area (Å²) in [6, 6.07) is 59.3. The van der Waals surface area contributed by atoms with E-state index < -0.39 is 0 Å². The van der Waals surface area contributed by atoms with Crippen molar-refractivity contribution in [2.45, 2.75) is 0 Å². The van der Waals surface area contributed by atoms with E-state index >= 15 is 0 Å². The molecule has 0 aliphatic heterocycles. The van der Waals surface area contributed by atoms with E-state index in [1.54, 1.807) is 0 Å². The molecular formula is C44H24O. The third-order valence-electron chi connectivity index (χ3n) is 9.40. The van der Waals surface area contributed by atoms with Gasteiger partial charge in [-0.15, -0.1) is 0 Å². The molecule has 206 valence electrons. The van der Waals surface area contributed by atoms with E-state index in [1.807, 2.05) is 0 Å². The Balaban J connectivity index is 1.42. The van der Waals surface area contributed by atoms with Crippen molar-refractivity contribution in [1.82, 2.24) is 0 Å². The lowest BCUT2D eigenvalue weighted by molar-refractivity contribution is 0.670. The molecule has 0 saturated carbocycles. The molecule has 0 atom stereocenters. The van der Waals surface area contributed by atoms with Crippen LogP contribution in [0.3, 0.4) is 0 Å². The zero-order valence-corrected chi connectivity index (χ0v) is 24.3. The van der Waals surface area contributed by atoms with Crippen LogP contribution in [0.25, 0.3) is 98.1 Å². The van der Waals surface area contributed by atoms with Gasteiger partial charge < -0.3 is 4.42 Å². The van der Waals surface area contributed by atoms with E-state index in [4.69, 9.17) is 4.42 Å². The van der Waals surface area contributed by atoms with Crippen LogP contribution in [-0.2, 0) is 0 Å². The molecule has 1 aromatic heterocycles. The van der Waals surface area contributed by atoms with Crippen LogP contribution in [0.15, 0.2) is 150 Å². The Morgan fingerprint density at radius 1 is 0.378 bits per heavy atom. The van der Waals surface area contributed by atoms with E-state index in [0.29, 0.717) is 0 Å². The number of benzene rings is 8. The molecule has 45 heavy (non-hydrogen) atoms. The van der Waals surface area contributed by atoms with Gasteiger partial charge in [0.15, 0.2) is 0 Å². The first-order valence-corrected chi connectivity index (χ1v) is 15.3. The van der Waals surface area contributed by atoms with Crippen LogP contribution < -0.4 is 0 Å². The van der Waals surface area contributed by atoms with Crippen LogP contribution >= 0.6 is 0 Å². The molecule has 0 radical (unpaired) electrons. The highest BCUT2D eigenvalue weighted by atomic mass is 16.3. The monoisotopic (exact) mass is 568 g/mol. The van der Waals surface area contributed by atoms with Gasteiger partial charge in [0.05, 0.1) is 0 Å². The highest BCUT2D eigenvalue weighted by Crippen LogP contribution is 2.47. The number of rotatable bonds is 2. The minimum atomic E-state index is 0.889. The molecule has 0 saturated heterocycles. The maximum absolute atomic E-state index is 6.63. The molecule has 0 unspecified atom stereocenters. The lowest BCUT2D eigenvalue weighted by Crippen LogP contribution is -1.91. The molecule has 10 rings (SSSR count). The van der Waals surface area contributed by atoms with E-state index in [1.165, 1.54) is 48.8 Å². The molecule has 0 spiro atoms. The Labute approximate surface area is 259 Å². The van der Waals surface area contributed by atoms with Gasteiger partial charge in [-0.25, -0.2) is 0 Å². The molecule has 0 aliphatic rings. The predicted octanol–water partition coefficient (Wildman–Crippen LogP) is 12.3. The number of hydrogen-bond acceptors (Lipinski definition) is 1. The van der Waals surface area contributed by atoms with Crippen LogP contribution in [0.2, 0.25) is 0 Å². The van der Waals surface area contributed by atoms with Gasteiger partial charge in [-0.3, -0.25) is 0 Å². The van der Waals surface area contributed by atoms with Gasteiger partial charge in [-0.05, 0) is 96.0 Å². The largest absolute Gasteiger partial charge is 0.456 e. The Morgan fingerprint density at radius 3 is 1.91 bits per heavy atom. The molecule has 0 amide bonds. The second-order valence-corrected chi connectivity index (χ2v) is 11.9. The molecule has 9 aromatic carbocycles. The smallest absolute Gasteiger partial charge is 0.136 e. The number of furan rings is 1. The first kappa shape index (κ1) is 24.4. The third-order valence-corrected chi connectivity index (χ3v) is 9.40. The van der Waals surface area contributed by atoms with Crippen molar-refractivity contribution in [3.05, 3.63) is 158 Å². The van der Waals surface area contributed by atoms with Gasteiger partial charge in [0.25, 0.3) is 0 Å². The quantitative estimate of drug-likeness (QED) is 0.189. The molecule has 1 nitrogen and oxygen atoms in total.